The molecule has 0 bridgehead atoms. The number of carbonyl (C=O) groups is 1. The third-order valence-corrected chi connectivity index (χ3v) is 5.90. The monoisotopic (exact) mass is 378 g/mol. The summed E-state index contributed by atoms with van der Waals surface area (Å²) in [6, 6.07) is 10.4. The van der Waals surface area contributed by atoms with Crippen LogP contribution in [0, 0.1) is 13.8 Å². The van der Waals surface area contributed by atoms with Gasteiger partial charge in [-0.1, -0.05) is 30.3 Å². The fourth-order valence-electron chi connectivity index (χ4n) is 4.52. The van der Waals surface area contributed by atoms with Gasteiger partial charge in [-0.05, 0) is 44.2 Å². The van der Waals surface area contributed by atoms with Crippen molar-refractivity contribution < 1.29 is 4.79 Å². The van der Waals surface area contributed by atoms with Gasteiger partial charge in [-0.15, -0.1) is 0 Å². The first-order valence-electron chi connectivity index (χ1n) is 9.87. The Hall–Kier alpha value is -2.89. The van der Waals surface area contributed by atoms with Crippen LogP contribution >= 0.6 is 0 Å². The molecule has 0 saturated carbocycles. The Balaban J connectivity index is 1.55. The molecule has 1 saturated heterocycles. The molecule has 0 radical (unpaired) electrons. The van der Waals surface area contributed by atoms with E-state index in [4.69, 9.17) is 0 Å². The van der Waals surface area contributed by atoms with Crippen LogP contribution in [0.2, 0.25) is 0 Å². The van der Waals surface area contributed by atoms with E-state index in [1.54, 1.807) is 4.68 Å². The van der Waals surface area contributed by atoms with Crippen molar-refractivity contribution in [2.24, 2.45) is 7.05 Å². The van der Waals surface area contributed by atoms with Crippen LogP contribution in [-0.4, -0.2) is 32.1 Å². The average molecular weight is 378 g/mol. The first-order valence-corrected chi connectivity index (χ1v) is 9.87. The fraction of sp³-hybridized carbons (Fsp3) is 0.409. The van der Waals surface area contributed by atoms with E-state index in [-0.39, 0.29) is 17.5 Å². The number of aromatic nitrogens is 3. The maximum absolute atomic E-state index is 13.0. The Morgan fingerprint density at radius 2 is 2.00 bits per heavy atom. The van der Waals surface area contributed by atoms with Gasteiger partial charge in [0.1, 0.15) is 5.65 Å². The Kier molecular flexibility index (Phi) is 4.79. The lowest BCUT2D eigenvalue weighted by Gasteiger charge is -2.25. The Morgan fingerprint density at radius 1 is 1.25 bits per heavy atom. The van der Waals surface area contributed by atoms with Crippen molar-refractivity contribution in [3.63, 3.8) is 0 Å². The molecule has 0 aliphatic carbocycles. The zero-order valence-corrected chi connectivity index (χ0v) is 16.7. The molecule has 3 aromatic rings. The number of likely N-dealkylation sites (tertiary alicyclic amines) is 1. The van der Waals surface area contributed by atoms with E-state index in [9.17, 15) is 9.59 Å². The van der Waals surface area contributed by atoms with Crippen molar-refractivity contribution in [3.8, 4) is 0 Å². The fourth-order valence-corrected chi connectivity index (χ4v) is 4.52. The summed E-state index contributed by atoms with van der Waals surface area (Å²) in [6.45, 7) is 4.68. The molecule has 146 valence electrons. The van der Waals surface area contributed by atoms with E-state index in [0.717, 1.165) is 41.7 Å². The molecule has 1 unspecified atom stereocenters. The zero-order valence-electron chi connectivity index (χ0n) is 16.7. The molecule has 3 heterocycles. The molecule has 4 rings (SSSR count). The summed E-state index contributed by atoms with van der Waals surface area (Å²) >= 11 is 0. The summed E-state index contributed by atoms with van der Waals surface area (Å²) < 4.78 is 1.70. The van der Waals surface area contributed by atoms with Crippen LogP contribution in [0.3, 0.4) is 0 Å². The van der Waals surface area contributed by atoms with Gasteiger partial charge in [-0.2, -0.15) is 5.10 Å². The van der Waals surface area contributed by atoms with Gasteiger partial charge in [0.05, 0.1) is 11.7 Å². The van der Waals surface area contributed by atoms with Crippen molar-refractivity contribution in [2.75, 3.05) is 6.54 Å². The molecule has 0 spiro atoms. The highest BCUT2D eigenvalue weighted by atomic mass is 16.2. The topological polar surface area (TPSA) is 71.0 Å². The van der Waals surface area contributed by atoms with Crippen molar-refractivity contribution in [3.05, 3.63) is 63.1 Å². The van der Waals surface area contributed by atoms with Crippen LogP contribution in [0.15, 0.2) is 35.1 Å². The first-order chi connectivity index (χ1) is 13.5. The van der Waals surface area contributed by atoms with Gasteiger partial charge < -0.3 is 9.88 Å². The minimum atomic E-state index is -0.123. The predicted octanol–water partition coefficient (Wildman–Crippen LogP) is 3.17. The largest absolute Gasteiger partial charge is 0.336 e. The molecule has 1 amide bonds. The van der Waals surface area contributed by atoms with E-state index in [0.29, 0.717) is 18.4 Å². The molecule has 2 aromatic heterocycles. The molecule has 1 aliphatic heterocycles. The molecular weight excluding hydrogens is 352 g/mol. The van der Waals surface area contributed by atoms with Gasteiger partial charge in [0.25, 0.3) is 5.56 Å². The van der Waals surface area contributed by atoms with Gasteiger partial charge in [0, 0.05) is 31.0 Å². The number of hydrogen-bond donors (Lipinski definition) is 1. The van der Waals surface area contributed by atoms with E-state index < -0.39 is 0 Å². The number of nitrogens with zero attached hydrogens (tertiary/aromatic N) is 3. The highest BCUT2D eigenvalue weighted by Gasteiger charge is 2.29. The summed E-state index contributed by atoms with van der Waals surface area (Å²) in [5.74, 6) is 0.119. The van der Waals surface area contributed by atoms with Crippen LogP contribution in [0.25, 0.3) is 11.0 Å². The number of amides is 1. The van der Waals surface area contributed by atoms with E-state index in [1.165, 1.54) is 5.56 Å². The quantitative estimate of drug-likeness (QED) is 0.758. The summed E-state index contributed by atoms with van der Waals surface area (Å²) in [5, 5.41) is 5.39. The standard InChI is InChI=1S/C22H26N4O2/c1-14-17(22(28)23-21-20(14)15(2)24-25(21)3)11-12-19(27)26-13-7-10-18(26)16-8-5-4-6-9-16/h4-6,8-9,18H,7,10-13H2,1-3H3,(H,23,28). The van der Waals surface area contributed by atoms with Crippen LogP contribution in [0.5, 0.6) is 0 Å². The second kappa shape index (κ2) is 7.26. The van der Waals surface area contributed by atoms with Crippen molar-refractivity contribution in [1.82, 2.24) is 19.7 Å². The summed E-state index contributed by atoms with van der Waals surface area (Å²) in [6.07, 6.45) is 2.81. The number of pyridine rings is 1. The highest BCUT2D eigenvalue weighted by molar-refractivity contribution is 5.83. The number of benzene rings is 1. The molecule has 6 heteroatoms. The number of hydrogen-bond acceptors (Lipinski definition) is 3. The third-order valence-electron chi connectivity index (χ3n) is 5.90. The Labute approximate surface area is 164 Å². The van der Waals surface area contributed by atoms with Crippen molar-refractivity contribution in [1.29, 1.82) is 0 Å². The van der Waals surface area contributed by atoms with Gasteiger partial charge in [0.15, 0.2) is 0 Å². The Bertz CT molecular complexity index is 1080. The molecule has 1 N–H and O–H groups in total. The minimum Gasteiger partial charge on any atom is -0.336 e. The smallest absolute Gasteiger partial charge is 0.253 e. The maximum Gasteiger partial charge on any atom is 0.253 e. The first kappa shape index (κ1) is 18.5. The second-order valence-electron chi connectivity index (χ2n) is 7.65. The second-order valence-corrected chi connectivity index (χ2v) is 7.65. The summed E-state index contributed by atoms with van der Waals surface area (Å²) in [7, 11) is 1.82. The predicted molar refractivity (Wildman–Crippen MR) is 109 cm³/mol. The highest BCUT2D eigenvalue weighted by Crippen LogP contribution is 2.32. The number of fused-ring (bicyclic) bond motifs is 1. The summed E-state index contributed by atoms with van der Waals surface area (Å²) in [5.41, 5.74) is 4.31. The lowest BCUT2D eigenvalue weighted by molar-refractivity contribution is -0.132. The van der Waals surface area contributed by atoms with Crippen molar-refractivity contribution in [2.45, 2.75) is 45.6 Å². The number of nitrogens with one attached hydrogen (secondary N) is 1. The van der Waals surface area contributed by atoms with E-state index >= 15 is 0 Å². The van der Waals surface area contributed by atoms with Crippen LogP contribution in [-0.2, 0) is 18.3 Å². The third kappa shape index (κ3) is 3.13. The minimum absolute atomic E-state index is 0.119. The van der Waals surface area contributed by atoms with Gasteiger partial charge in [-0.3, -0.25) is 14.3 Å². The van der Waals surface area contributed by atoms with Gasteiger partial charge in [0.2, 0.25) is 5.91 Å². The molecular formula is C22H26N4O2. The Morgan fingerprint density at radius 3 is 2.75 bits per heavy atom. The van der Waals surface area contributed by atoms with Crippen LogP contribution in [0.1, 0.15) is 47.7 Å². The average Bonchev–Trinajstić information content (AvgIpc) is 3.27. The number of aryl methyl sites for hydroxylation is 3. The van der Waals surface area contributed by atoms with E-state index in [2.05, 4.69) is 22.2 Å². The molecule has 1 fully saturated rings. The number of H-pyrrole nitrogens is 1. The molecule has 1 aromatic carbocycles. The molecule has 6 nitrogen and oxygen atoms in total. The number of carbonyl (C=O) groups excluding carboxylic acids is 1. The summed E-state index contributed by atoms with van der Waals surface area (Å²) in [4.78, 5) is 30.5. The molecule has 1 aliphatic rings. The van der Waals surface area contributed by atoms with Gasteiger partial charge in [-0.25, -0.2) is 0 Å². The lowest BCUT2D eigenvalue weighted by atomic mass is 10.0. The lowest BCUT2D eigenvalue weighted by Crippen LogP contribution is -2.31. The normalized spacial score (nSPS) is 16.8. The van der Waals surface area contributed by atoms with Crippen LogP contribution < -0.4 is 5.56 Å². The number of aromatic amines is 1. The SMILES string of the molecule is Cc1nn(C)c2[nH]c(=O)c(CCC(=O)N3CCCC3c3ccccc3)c(C)c12. The molecule has 1 atom stereocenters. The maximum atomic E-state index is 13.0. The van der Waals surface area contributed by atoms with Gasteiger partial charge >= 0.3 is 0 Å². The number of rotatable bonds is 4. The van der Waals surface area contributed by atoms with E-state index in [1.807, 2.05) is 44.0 Å². The molecule has 28 heavy (non-hydrogen) atoms. The van der Waals surface area contributed by atoms with Crippen LogP contribution in [0.4, 0.5) is 0 Å². The zero-order chi connectivity index (χ0) is 19.8. The van der Waals surface area contributed by atoms with Crippen molar-refractivity contribution >= 4 is 16.9 Å².